The molecule has 1 saturated heterocycles. The van der Waals surface area contributed by atoms with E-state index in [0.29, 0.717) is 54.6 Å². The van der Waals surface area contributed by atoms with Crippen LogP contribution in [0.25, 0.3) is 0 Å². The zero-order valence-corrected chi connectivity index (χ0v) is 25.3. The summed E-state index contributed by atoms with van der Waals surface area (Å²) in [7, 11) is -5.06. The van der Waals surface area contributed by atoms with Gasteiger partial charge in [-0.15, -0.1) is 0 Å². The third-order valence-corrected chi connectivity index (χ3v) is 12.5. The van der Waals surface area contributed by atoms with Crippen LogP contribution in [0.4, 0.5) is 0 Å². The molecular weight excluding hydrogens is 520 g/mol. The first kappa shape index (κ1) is 29.5. The molecular formula is C30H47O8S-. The van der Waals surface area contributed by atoms with Crippen LogP contribution in [-0.4, -0.2) is 54.6 Å². The highest BCUT2D eigenvalue weighted by Crippen LogP contribution is 2.68. The maximum atomic E-state index is 11.9. The number of ether oxygens (including phenoxy) is 2. The van der Waals surface area contributed by atoms with Crippen molar-refractivity contribution in [1.82, 2.24) is 0 Å². The van der Waals surface area contributed by atoms with Gasteiger partial charge in [0.1, 0.15) is 18.3 Å². The topological polar surface area (TPSA) is 125 Å². The molecule has 5 rings (SSSR count). The van der Waals surface area contributed by atoms with Gasteiger partial charge in [-0.05, 0) is 90.8 Å². The molecule has 9 heteroatoms. The molecule has 3 saturated carbocycles. The van der Waals surface area contributed by atoms with E-state index in [0.717, 1.165) is 19.3 Å². The second kappa shape index (κ2) is 10.1. The summed E-state index contributed by atoms with van der Waals surface area (Å²) < 4.78 is 51.7. The van der Waals surface area contributed by atoms with Crippen LogP contribution in [0.2, 0.25) is 0 Å². The molecule has 0 aromatic rings. The minimum atomic E-state index is -5.06. The van der Waals surface area contributed by atoms with Crippen molar-refractivity contribution in [3.05, 3.63) is 11.6 Å². The summed E-state index contributed by atoms with van der Waals surface area (Å²) in [4.78, 5) is 11.9. The number of aliphatic hydroxyl groups excluding tert-OH is 1. The van der Waals surface area contributed by atoms with Crippen molar-refractivity contribution in [3.8, 4) is 0 Å². The molecule has 0 radical (unpaired) electrons. The van der Waals surface area contributed by atoms with Crippen molar-refractivity contribution >= 4 is 16.4 Å². The first-order valence-electron chi connectivity index (χ1n) is 14.9. The van der Waals surface area contributed by atoms with E-state index in [1.165, 1.54) is 18.9 Å². The number of fused-ring (bicyclic) bond motifs is 5. The van der Waals surface area contributed by atoms with Gasteiger partial charge in [-0.1, -0.05) is 53.2 Å². The molecule has 13 atom stereocenters. The Hall–Kier alpha value is -1.00. The lowest BCUT2D eigenvalue weighted by Crippen LogP contribution is -2.61. The molecule has 4 fully saturated rings. The van der Waals surface area contributed by atoms with Gasteiger partial charge in [0.05, 0.1) is 12.2 Å². The normalized spacial score (nSPS) is 46.9. The van der Waals surface area contributed by atoms with Gasteiger partial charge >= 0.3 is 5.97 Å². The van der Waals surface area contributed by atoms with Gasteiger partial charge < -0.3 is 19.1 Å². The van der Waals surface area contributed by atoms with E-state index < -0.39 is 40.1 Å². The van der Waals surface area contributed by atoms with Crippen molar-refractivity contribution in [2.45, 2.75) is 118 Å². The highest BCUT2D eigenvalue weighted by molar-refractivity contribution is 7.80. The minimum absolute atomic E-state index is 0.153. The molecule has 8 nitrogen and oxygen atoms in total. The van der Waals surface area contributed by atoms with Crippen molar-refractivity contribution in [2.75, 3.05) is 0 Å². The first-order valence-corrected chi connectivity index (χ1v) is 16.3. The highest BCUT2D eigenvalue weighted by Gasteiger charge is 2.63. The molecule has 0 aromatic carbocycles. The Morgan fingerprint density at radius 1 is 1.10 bits per heavy atom. The van der Waals surface area contributed by atoms with Gasteiger partial charge in [0.2, 0.25) is 10.4 Å². The second-order valence-electron chi connectivity index (χ2n) is 14.2. The Morgan fingerprint density at radius 3 is 2.38 bits per heavy atom. The third kappa shape index (κ3) is 5.02. The van der Waals surface area contributed by atoms with Crippen LogP contribution >= 0.6 is 0 Å². The molecule has 0 amide bonds. The Bertz CT molecular complexity index is 1100. The van der Waals surface area contributed by atoms with Crippen LogP contribution in [0.5, 0.6) is 0 Å². The van der Waals surface area contributed by atoms with Crippen LogP contribution in [0.3, 0.4) is 0 Å². The van der Waals surface area contributed by atoms with E-state index >= 15 is 0 Å². The number of aliphatic hydroxyl groups is 1. The number of allylic oxidation sites excluding steroid dienone is 2. The fraction of sp³-hybridized carbons (Fsp3) is 0.900. The summed E-state index contributed by atoms with van der Waals surface area (Å²) in [5.41, 5.74) is 1.13. The summed E-state index contributed by atoms with van der Waals surface area (Å²) in [5.74, 6) is 1.90. The Balaban J connectivity index is 1.41. The van der Waals surface area contributed by atoms with Gasteiger partial charge in [-0.3, -0.25) is 8.98 Å². The lowest BCUT2D eigenvalue weighted by molar-refractivity contribution is -0.189. The second-order valence-corrected chi connectivity index (χ2v) is 15.2. The van der Waals surface area contributed by atoms with Crippen LogP contribution in [0, 0.1) is 52.3 Å². The van der Waals surface area contributed by atoms with Crippen molar-refractivity contribution < 1.29 is 36.5 Å². The number of carbonyl (C=O) groups excluding carboxylic acids is 1. The Morgan fingerprint density at radius 2 is 1.77 bits per heavy atom. The molecule has 1 aliphatic heterocycles. The third-order valence-electron chi connectivity index (χ3n) is 12.0. The standard InChI is InChI=1S/C30H48O8S/c1-15(2)16(3)26-27(37-26)17(4)20-10-11-21-19-8-9-23-28(38-39(33,34)35)25(32)24(36-18(5)31)14-30(23,7)22(19)12-13-29(20,21)6/h8,15-17,20-28,32H,9-14H2,1-7H3,(H,33,34,35)/p-1/t16-,17+,20-,21+,22+,23+,24-,25+,26+,27+,28+,29-,30-/m1/s1. The van der Waals surface area contributed by atoms with Crippen LogP contribution in [0.15, 0.2) is 11.6 Å². The largest absolute Gasteiger partial charge is 0.726 e. The predicted octanol–water partition coefficient (Wildman–Crippen LogP) is 4.62. The monoisotopic (exact) mass is 567 g/mol. The minimum Gasteiger partial charge on any atom is -0.726 e. The summed E-state index contributed by atoms with van der Waals surface area (Å²) in [6.45, 7) is 15.1. The molecule has 0 spiro atoms. The van der Waals surface area contributed by atoms with Gasteiger partial charge in [0.15, 0.2) is 0 Å². The van der Waals surface area contributed by atoms with Crippen molar-refractivity contribution in [3.63, 3.8) is 0 Å². The number of hydrogen-bond donors (Lipinski definition) is 1. The number of epoxide rings is 1. The average molecular weight is 568 g/mol. The molecule has 1 N–H and O–H groups in total. The smallest absolute Gasteiger partial charge is 0.302 e. The maximum absolute atomic E-state index is 11.9. The average Bonchev–Trinajstić information content (AvgIpc) is 3.54. The van der Waals surface area contributed by atoms with Crippen LogP contribution in [-0.2, 0) is 28.9 Å². The summed E-state index contributed by atoms with van der Waals surface area (Å²) in [6.07, 6.45) is 4.62. The molecule has 0 bridgehead atoms. The van der Waals surface area contributed by atoms with Crippen LogP contribution in [0.1, 0.15) is 87.0 Å². The van der Waals surface area contributed by atoms with Gasteiger partial charge in [-0.2, -0.15) is 0 Å². The Labute approximate surface area is 234 Å². The summed E-state index contributed by atoms with van der Waals surface area (Å²) in [5, 5.41) is 11.0. The molecule has 0 aromatic heterocycles. The van der Waals surface area contributed by atoms with E-state index in [1.54, 1.807) is 0 Å². The van der Waals surface area contributed by atoms with Gasteiger partial charge in [0.25, 0.3) is 0 Å². The maximum Gasteiger partial charge on any atom is 0.302 e. The SMILES string of the molecule is CC(=O)O[C@@H]1C[C@]2(C)[C@H]3CC[C@]4(C)[C@@H]([C@H](C)[C@@H]5O[C@H]5[C@H](C)C(C)C)CC[C@H]4C3=CC[C@H]2[C@H](OS(=O)(=O)[O-])[C@H]1O. The first-order chi connectivity index (χ1) is 18.1. The molecule has 4 aliphatic carbocycles. The molecule has 5 aliphatic rings. The number of hydrogen-bond acceptors (Lipinski definition) is 8. The van der Waals surface area contributed by atoms with E-state index in [4.69, 9.17) is 13.7 Å². The van der Waals surface area contributed by atoms with Gasteiger partial charge in [-0.25, -0.2) is 8.42 Å². The lowest BCUT2D eigenvalue weighted by atomic mass is 9.47. The number of carbonyl (C=O) groups is 1. The molecule has 222 valence electrons. The van der Waals surface area contributed by atoms with E-state index in [-0.39, 0.29) is 17.3 Å². The number of esters is 1. The fourth-order valence-corrected chi connectivity index (χ4v) is 10.2. The molecule has 39 heavy (non-hydrogen) atoms. The molecule has 1 heterocycles. The quantitative estimate of drug-likeness (QED) is 0.155. The van der Waals surface area contributed by atoms with Crippen LogP contribution < -0.4 is 0 Å². The van der Waals surface area contributed by atoms with E-state index in [1.807, 2.05) is 0 Å². The van der Waals surface area contributed by atoms with E-state index in [2.05, 4.69) is 47.6 Å². The molecule has 0 unspecified atom stereocenters. The zero-order chi connectivity index (χ0) is 28.7. The zero-order valence-electron chi connectivity index (χ0n) is 24.5. The summed E-state index contributed by atoms with van der Waals surface area (Å²) >= 11 is 0. The lowest BCUT2D eigenvalue weighted by Gasteiger charge is -2.60. The van der Waals surface area contributed by atoms with E-state index in [9.17, 15) is 22.9 Å². The van der Waals surface area contributed by atoms with Gasteiger partial charge in [0, 0.05) is 6.92 Å². The van der Waals surface area contributed by atoms with Crippen molar-refractivity contribution in [2.24, 2.45) is 52.3 Å². The highest BCUT2D eigenvalue weighted by atomic mass is 32.3. The fourth-order valence-electron chi connectivity index (χ4n) is 9.67. The van der Waals surface area contributed by atoms with Crippen molar-refractivity contribution in [1.29, 1.82) is 0 Å². The number of rotatable bonds is 7. The predicted molar refractivity (Wildman–Crippen MR) is 144 cm³/mol. The Kier molecular flexibility index (Phi) is 7.62. The summed E-state index contributed by atoms with van der Waals surface area (Å²) in [6, 6.07) is 0.